The van der Waals surface area contributed by atoms with Gasteiger partial charge < -0.3 is 10.8 Å². The Morgan fingerprint density at radius 2 is 2.25 bits per heavy atom. The molecular weight excluding hydrogens is 204 g/mol. The van der Waals surface area contributed by atoms with Crippen molar-refractivity contribution in [1.82, 2.24) is 14.7 Å². The van der Waals surface area contributed by atoms with E-state index in [1.807, 2.05) is 40.3 Å². The summed E-state index contributed by atoms with van der Waals surface area (Å²) in [4.78, 5) is 2.09. The van der Waals surface area contributed by atoms with Crippen LogP contribution in [0, 0.1) is 0 Å². The molecule has 1 rings (SSSR count). The van der Waals surface area contributed by atoms with Crippen LogP contribution in [0.5, 0.6) is 0 Å². The maximum atomic E-state index is 9.36. The van der Waals surface area contributed by atoms with Crippen LogP contribution in [0.3, 0.4) is 0 Å². The van der Waals surface area contributed by atoms with Crippen LogP contribution in [-0.2, 0) is 7.05 Å². The van der Waals surface area contributed by atoms with Crippen molar-refractivity contribution in [2.24, 2.45) is 12.8 Å². The average molecular weight is 226 g/mol. The molecule has 5 heteroatoms. The molecular formula is C11H22N4O. The fourth-order valence-corrected chi connectivity index (χ4v) is 1.66. The summed E-state index contributed by atoms with van der Waals surface area (Å²) >= 11 is 0. The molecule has 0 aliphatic rings. The molecule has 1 heterocycles. The normalized spacial score (nSPS) is 14.4. The minimum atomic E-state index is -0.292. The van der Waals surface area contributed by atoms with Gasteiger partial charge in [-0.15, -0.1) is 0 Å². The Kier molecular flexibility index (Phi) is 4.07. The molecule has 0 aliphatic heterocycles. The highest BCUT2D eigenvalue weighted by molar-refractivity contribution is 5.12. The highest BCUT2D eigenvalue weighted by Gasteiger charge is 2.29. The molecule has 92 valence electrons. The third kappa shape index (κ3) is 2.61. The predicted octanol–water partition coefficient (Wildman–Crippen LogP) is 0.123. The third-order valence-corrected chi connectivity index (χ3v) is 3.14. The Morgan fingerprint density at radius 1 is 1.62 bits per heavy atom. The van der Waals surface area contributed by atoms with E-state index in [1.54, 1.807) is 4.68 Å². The summed E-state index contributed by atoms with van der Waals surface area (Å²) in [5.41, 5.74) is 6.59. The van der Waals surface area contributed by atoms with Crippen molar-refractivity contribution in [3.63, 3.8) is 0 Å². The summed E-state index contributed by atoms with van der Waals surface area (Å²) in [5, 5.41) is 13.5. The topological polar surface area (TPSA) is 67.3 Å². The molecule has 0 amide bonds. The Hall–Kier alpha value is -0.910. The molecule has 0 spiro atoms. The largest absolute Gasteiger partial charge is 0.394 e. The van der Waals surface area contributed by atoms with Gasteiger partial charge in [-0.3, -0.25) is 9.58 Å². The molecule has 5 nitrogen and oxygen atoms in total. The second kappa shape index (κ2) is 4.95. The number of hydrogen-bond donors (Lipinski definition) is 2. The zero-order valence-electron chi connectivity index (χ0n) is 10.5. The quantitative estimate of drug-likeness (QED) is 0.748. The third-order valence-electron chi connectivity index (χ3n) is 3.14. The molecule has 0 aromatic carbocycles. The van der Waals surface area contributed by atoms with E-state index < -0.39 is 0 Å². The zero-order valence-corrected chi connectivity index (χ0v) is 10.5. The van der Waals surface area contributed by atoms with E-state index in [0.717, 1.165) is 5.56 Å². The number of nitrogens with two attached hydrogens (primary N) is 1. The molecule has 0 aliphatic carbocycles. The molecule has 0 saturated heterocycles. The van der Waals surface area contributed by atoms with Gasteiger partial charge in [0.15, 0.2) is 0 Å². The lowest BCUT2D eigenvalue weighted by Gasteiger charge is -2.39. The maximum Gasteiger partial charge on any atom is 0.0610 e. The van der Waals surface area contributed by atoms with E-state index in [2.05, 4.69) is 10.00 Å². The summed E-state index contributed by atoms with van der Waals surface area (Å²) in [7, 11) is 3.86. The number of aliphatic hydroxyl groups is 1. The van der Waals surface area contributed by atoms with Crippen LogP contribution in [-0.4, -0.2) is 45.5 Å². The number of hydrogen-bond acceptors (Lipinski definition) is 4. The highest BCUT2D eigenvalue weighted by Crippen LogP contribution is 2.25. The first-order valence-corrected chi connectivity index (χ1v) is 5.44. The van der Waals surface area contributed by atoms with Gasteiger partial charge in [0.05, 0.1) is 18.8 Å². The van der Waals surface area contributed by atoms with E-state index >= 15 is 0 Å². The number of likely N-dealkylation sites (N-methyl/N-ethyl adjacent to an activating group) is 1. The van der Waals surface area contributed by atoms with E-state index in [-0.39, 0.29) is 18.2 Å². The fourth-order valence-electron chi connectivity index (χ4n) is 1.66. The number of aromatic nitrogens is 2. The number of aryl methyl sites for hydroxylation is 1. The van der Waals surface area contributed by atoms with Crippen LogP contribution < -0.4 is 5.73 Å². The van der Waals surface area contributed by atoms with E-state index in [4.69, 9.17) is 5.73 Å². The highest BCUT2D eigenvalue weighted by atomic mass is 16.3. The standard InChI is InChI=1S/C11H22N4O/c1-11(2,8-16)15(4)10(5-12)9-6-13-14(3)7-9/h6-7,10,16H,5,8,12H2,1-4H3. The molecule has 0 saturated carbocycles. The van der Waals surface area contributed by atoms with Crippen molar-refractivity contribution in [3.05, 3.63) is 18.0 Å². The molecule has 0 radical (unpaired) electrons. The second-order valence-electron chi connectivity index (χ2n) is 4.78. The fraction of sp³-hybridized carbons (Fsp3) is 0.727. The lowest BCUT2D eigenvalue weighted by atomic mass is 9.99. The van der Waals surface area contributed by atoms with Crippen LogP contribution in [0.4, 0.5) is 0 Å². The van der Waals surface area contributed by atoms with Gasteiger partial charge >= 0.3 is 0 Å². The monoisotopic (exact) mass is 226 g/mol. The molecule has 16 heavy (non-hydrogen) atoms. The minimum absolute atomic E-state index is 0.0795. The Labute approximate surface area is 96.9 Å². The van der Waals surface area contributed by atoms with E-state index in [0.29, 0.717) is 6.54 Å². The van der Waals surface area contributed by atoms with Gasteiger partial charge in [-0.2, -0.15) is 5.10 Å². The molecule has 3 N–H and O–H groups in total. The first kappa shape index (κ1) is 13.2. The average Bonchev–Trinajstić information content (AvgIpc) is 2.66. The lowest BCUT2D eigenvalue weighted by Crippen LogP contribution is -2.48. The molecule has 1 unspecified atom stereocenters. The summed E-state index contributed by atoms with van der Waals surface area (Å²) in [6.07, 6.45) is 3.78. The Morgan fingerprint density at radius 3 is 2.62 bits per heavy atom. The van der Waals surface area contributed by atoms with Crippen molar-refractivity contribution in [3.8, 4) is 0 Å². The van der Waals surface area contributed by atoms with Gasteiger partial charge in [0, 0.05) is 30.9 Å². The number of aliphatic hydroxyl groups excluding tert-OH is 1. The maximum absolute atomic E-state index is 9.36. The SMILES string of the molecule is CN(C(CN)c1cnn(C)c1)C(C)(C)CO. The summed E-state index contributed by atoms with van der Waals surface area (Å²) < 4.78 is 1.76. The smallest absolute Gasteiger partial charge is 0.0610 e. The van der Waals surface area contributed by atoms with Crippen LogP contribution in [0.15, 0.2) is 12.4 Å². The van der Waals surface area contributed by atoms with Crippen molar-refractivity contribution >= 4 is 0 Å². The van der Waals surface area contributed by atoms with Gasteiger partial charge in [0.1, 0.15) is 0 Å². The van der Waals surface area contributed by atoms with Gasteiger partial charge in [0.25, 0.3) is 0 Å². The van der Waals surface area contributed by atoms with Gasteiger partial charge in [0.2, 0.25) is 0 Å². The Bertz CT molecular complexity index is 334. The van der Waals surface area contributed by atoms with Gasteiger partial charge in [-0.1, -0.05) is 0 Å². The summed E-state index contributed by atoms with van der Waals surface area (Å²) in [6.45, 7) is 4.59. The molecule has 1 aromatic rings. The van der Waals surface area contributed by atoms with Crippen molar-refractivity contribution < 1.29 is 5.11 Å². The lowest BCUT2D eigenvalue weighted by molar-refractivity contribution is 0.0470. The minimum Gasteiger partial charge on any atom is -0.394 e. The first-order valence-electron chi connectivity index (χ1n) is 5.44. The zero-order chi connectivity index (χ0) is 12.3. The van der Waals surface area contributed by atoms with Crippen LogP contribution >= 0.6 is 0 Å². The second-order valence-corrected chi connectivity index (χ2v) is 4.78. The van der Waals surface area contributed by atoms with Crippen LogP contribution in [0.25, 0.3) is 0 Å². The van der Waals surface area contributed by atoms with Gasteiger partial charge in [-0.05, 0) is 20.9 Å². The van der Waals surface area contributed by atoms with E-state index in [1.165, 1.54) is 0 Å². The summed E-state index contributed by atoms with van der Waals surface area (Å²) in [6, 6.07) is 0.0795. The van der Waals surface area contributed by atoms with Crippen LogP contribution in [0.1, 0.15) is 25.5 Å². The molecule has 1 atom stereocenters. The van der Waals surface area contributed by atoms with Crippen molar-refractivity contribution in [2.45, 2.75) is 25.4 Å². The van der Waals surface area contributed by atoms with Crippen molar-refractivity contribution in [1.29, 1.82) is 0 Å². The number of nitrogens with zero attached hydrogens (tertiary/aromatic N) is 3. The molecule has 0 bridgehead atoms. The van der Waals surface area contributed by atoms with Crippen LogP contribution in [0.2, 0.25) is 0 Å². The van der Waals surface area contributed by atoms with Gasteiger partial charge in [-0.25, -0.2) is 0 Å². The molecule has 1 aromatic heterocycles. The first-order chi connectivity index (χ1) is 7.42. The summed E-state index contributed by atoms with van der Waals surface area (Å²) in [5.74, 6) is 0. The van der Waals surface area contributed by atoms with E-state index in [9.17, 15) is 5.11 Å². The molecule has 0 fully saturated rings. The van der Waals surface area contributed by atoms with Crippen molar-refractivity contribution in [2.75, 3.05) is 20.2 Å². The number of rotatable bonds is 5. The Balaban J connectivity index is 2.90. The predicted molar refractivity (Wildman–Crippen MR) is 63.9 cm³/mol.